The number of nitrogens with zero attached hydrogens (tertiary/aromatic N) is 3. The molecule has 4 N–H and O–H groups in total. The Hall–Kier alpha value is -1.81. The summed E-state index contributed by atoms with van der Waals surface area (Å²) in [7, 11) is 0. The molecule has 0 bridgehead atoms. The first-order valence-electron chi connectivity index (χ1n) is 6.87. The zero-order valence-corrected chi connectivity index (χ0v) is 14.6. The van der Waals surface area contributed by atoms with Crippen LogP contribution < -0.4 is 11.5 Å². The smallest absolute Gasteiger partial charge is 0.169 e. The van der Waals surface area contributed by atoms with Crippen molar-refractivity contribution in [3.63, 3.8) is 0 Å². The molecule has 1 saturated carbocycles. The molecule has 0 aliphatic heterocycles. The minimum absolute atomic E-state index is 0.195. The minimum atomic E-state index is -0.549. The van der Waals surface area contributed by atoms with E-state index >= 15 is 0 Å². The first-order valence-corrected chi connectivity index (χ1v) is 8.03. The lowest BCUT2D eigenvalue weighted by Gasteiger charge is -2.14. The number of anilines is 1. The molecule has 2 aromatic rings. The van der Waals surface area contributed by atoms with Crippen molar-refractivity contribution in [2.45, 2.75) is 25.2 Å². The molecule has 118 valence electrons. The maximum absolute atomic E-state index is 9.43. The molecule has 0 amide bonds. The van der Waals surface area contributed by atoms with Gasteiger partial charge in [-0.1, -0.05) is 35.4 Å². The summed E-state index contributed by atoms with van der Waals surface area (Å²) >= 11 is 17.8. The fraction of sp³-hybridized carbons (Fsp3) is 0.267. The van der Waals surface area contributed by atoms with Crippen LogP contribution in [0.5, 0.6) is 0 Å². The maximum atomic E-state index is 9.43. The van der Waals surface area contributed by atoms with Gasteiger partial charge in [-0.15, -0.1) is 0 Å². The second-order valence-electron chi connectivity index (χ2n) is 5.66. The summed E-state index contributed by atoms with van der Waals surface area (Å²) in [4.78, 5) is 0.321. The average molecular weight is 366 g/mol. The van der Waals surface area contributed by atoms with E-state index in [-0.39, 0.29) is 5.69 Å². The van der Waals surface area contributed by atoms with Crippen LogP contribution in [0.4, 0.5) is 5.82 Å². The second-order valence-corrected chi connectivity index (χ2v) is 6.91. The summed E-state index contributed by atoms with van der Waals surface area (Å²) in [5.41, 5.74) is 13.7. The van der Waals surface area contributed by atoms with Crippen molar-refractivity contribution >= 4 is 46.2 Å². The number of benzene rings is 1. The summed E-state index contributed by atoms with van der Waals surface area (Å²) in [5, 5.41) is 14.5. The summed E-state index contributed by atoms with van der Waals surface area (Å²) in [5.74, 6) is 0.291. The van der Waals surface area contributed by atoms with E-state index in [1.807, 2.05) is 6.92 Å². The summed E-state index contributed by atoms with van der Waals surface area (Å²) in [6.45, 7) is 1.88. The van der Waals surface area contributed by atoms with Crippen LogP contribution in [0.25, 0.3) is 5.69 Å². The Morgan fingerprint density at radius 1 is 1.39 bits per heavy atom. The third-order valence-corrected chi connectivity index (χ3v) is 5.07. The van der Waals surface area contributed by atoms with Crippen molar-refractivity contribution in [2.24, 2.45) is 5.73 Å². The zero-order chi connectivity index (χ0) is 16.9. The normalized spacial score (nSPS) is 15.2. The fourth-order valence-corrected chi connectivity index (χ4v) is 3.85. The number of nitriles is 1. The van der Waals surface area contributed by atoms with Crippen LogP contribution in [0.3, 0.4) is 0 Å². The molecule has 1 aromatic carbocycles. The number of aromatic nitrogens is 2. The minimum Gasteiger partial charge on any atom is -0.393 e. The van der Waals surface area contributed by atoms with Crippen molar-refractivity contribution in [3.8, 4) is 11.8 Å². The van der Waals surface area contributed by atoms with Gasteiger partial charge in [0.25, 0.3) is 0 Å². The highest BCUT2D eigenvalue weighted by Crippen LogP contribution is 2.52. The van der Waals surface area contributed by atoms with Gasteiger partial charge in [0.1, 0.15) is 17.6 Å². The summed E-state index contributed by atoms with van der Waals surface area (Å²) < 4.78 is 1.40. The Morgan fingerprint density at radius 3 is 2.39 bits per heavy atom. The van der Waals surface area contributed by atoms with Crippen LogP contribution in [0, 0.1) is 18.3 Å². The van der Waals surface area contributed by atoms with Gasteiger partial charge in [-0.2, -0.15) is 10.4 Å². The van der Waals surface area contributed by atoms with Crippen LogP contribution >= 0.6 is 35.4 Å². The van der Waals surface area contributed by atoms with Crippen LogP contribution in [-0.2, 0) is 5.41 Å². The monoisotopic (exact) mass is 365 g/mol. The standard InChI is InChI=1S/C15H13Cl2N5S/c1-7-4-8(16)12(9(17)5-7)22-13(19)11(10(6-18)21-22)15(2-3-15)14(20)23/h4-5H,2-3,19H2,1H3,(H2,20,23). The Morgan fingerprint density at radius 2 is 1.96 bits per heavy atom. The third-order valence-electron chi connectivity index (χ3n) is 4.10. The highest BCUT2D eigenvalue weighted by atomic mass is 35.5. The molecule has 0 radical (unpaired) electrons. The number of rotatable bonds is 3. The van der Waals surface area contributed by atoms with Gasteiger partial charge in [0, 0.05) is 5.56 Å². The molecule has 3 rings (SSSR count). The quantitative estimate of drug-likeness (QED) is 0.814. The SMILES string of the molecule is Cc1cc(Cl)c(-n2nc(C#N)c(C3(C(N)=S)CC3)c2N)c(Cl)c1. The highest BCUT2D eigenvalue weighted by Gasteiger charge is 2.51. The molecular formula is C15H13Cl2N5S. The molecule has 0 atom stereocenters. The van der Waals surface area contributed by atoms with E-state index in [9.17, 15) is 5.26 Å². The lowest BCUT2D eigenvalue weighted by atomic mass is 9.95. The molecule has 1 aromatic heterocycles. The molecular weight excluding hydrogens is 353 g/mol. The maximum Gasteiger partial charge on any atom is 0.169 e. The van der Waals surface area contributed by atoms with Crippen molar-refractivity contribution < 1.29 is 0 Å². The van der Waals surface area contributed by atoms with Gasteiger partial charge in [-0.3, -0.25) is 0 Å². The number of nitrogens with two attached hydrogens (primary N) is 2. The molecule has 0 unspecified atom stereocenters. The van der Waals surface area contributed by atoms with E-state index < -0.39 is 5.41 Å². The van der Waals surface area contributed by atoms with E-state index in [4.69, 9.17) is 46.9 Å². The van der Waals surface area contributed by atoms with Crippen molar-refractivity contribution in [1.29, 1.82) is 5.26 Å². The number of hydrogen-bond donors (Lipinski definition) is 2. The van der Waals surface area contributed by atoms with E-state index in [1.54, 1.807) is 12.1 Å². The van der Waals surface area contributed by atoms with Gasteiger partial charge in [0.2, 0.25) is 0 Å². The predicted molar refractivity (Wildman–Crippen MR) is 95.1 cm³/mol. The number of thiocarbonyl (C=S) groups is 1. The van der Waals surface area contributed by atoms with Gasteiger partial charge >= 0.3 is 0 Å². The molecule has 1 aliphatic rings. The number of hydrogen-bond acceptors (Lipinski definition) is 4. The van der Waals surface area contributed by atoms with E-state index in [1.165, 1.54) is 4.68 Å². The van der Waals surface area contributed by atoms with Crippen molar-refractivity contribution in [2.75, 3.05) is 5.73 Å². The van der Waals surface area contributed by atoms with Crippen LogP contribution in [-0.4, -0.2) is 14.8 Å². The topological polar surface area (TPSA) is 93.6 Å². The Labute approximate surface area is 148 Å². The van der Waals surface area contributed by atoms with Crippen molar-refractivity contribution in [1.82, 2.24) is 9.78 Å². The summed E-state index contributed by atoms with van der Waals surface area (Å²) in [6.07, 6.45) is 1.50. The van der Waals surface area contributed by atoms with E-state index in [0.717, 1.165) is 18.4 Å². The third kappa shape index (κ3) is 2.36. The average Bonchev–Trinajstić information content (AvgIpc) is 3.19. The fourth-order valence-electron chi connectivity index (χ4n) is 2.79. The molecule has 8 heteroatoms. The van der Waals surface area contributed by atoms with Crippen LogP contribution in [0.1, 0.15) is 29.7 Å². The molecule has 1 aliphatic carbocycles. The Kier molecular flexibility index (Phi) is 3.75. The number of aryl methyl sites for hydroxylation is 1. The zero-order valence-electron chi connectivity index (χ0n) is 12.2. The second kappa shape index (κ2) is 5.38. The van der Waals surface area contributed by atoms with Crippen LogP contribution in [0.15, 0.2) is 12.1 Å². The van der Waals surface area contributed by atoms with Gasteiger partial charge in [-0.05, 0) is 37.5 Å². The van der Waals surface area contributed by atoms with E-state index in [2.05, 4.69) is 11.2 Å². The number of halogens is 2. The molecule has 5 nitrogen and oxygen atoms in total. The first-order chi connectivity index (χ1) is 10.8. The molecule has 0 spiro atoms. The lowest BCUT2D eigenvalue weighted by Crippen LogP contribution is -2.27. The summed E-state index contributed by atoms with van der Waals surface area (Å²) in [6, 6.07) is 5.58. The van der Waals surface area contributed by atoms with E-state index in [0.29, 0.717) is 32.1 Å². The largest absolute Gasteiger partial charge is 0.393 e. The first kappa shape index (κ1) is 16.1. The predicted octanol–water partition coefficient (Wildman–Crippen LogP) is 3.26. The Bertz CT molecular complexity index is 854. The van der Waals surface area contributed by atoms with Gasteiger partial charge in [0.05, 0.1) is 20.4 Å². The highest BCUT2D eigenvalue weighted by molar-refractivity contribution is 7.80. The molecule has 0 saturated heterocycles. The van der Waals surface area contributed by atoms with Crippen molar-refractivity contribution in [3.05, 3.63) is 39.0 Å². The number of nitrogen functional groups attached to an aromatic ring is 1. The van der Waals surface area contributed by atoms with Crippen LogP contribution in [0.2, 0.25) is 10.0 Å². The van der Waals surface area contributed by atoms with Gasteiger partial charge in [-0.25, -0.2) is 4.68 Å². The Balaban J connectivity index is 2.27. The molecule has 23 heavy (non-hydrogen) atoms. The molecule has 1 heterocycles. The van der Waals surface area contributed by atoms with Gasteiger partial charge in [0.15, 0.2) is 5.69 Å². The lowest BCUT2D eigenvalue weighted by molar-refractivity contribution is 0.883. The molecule has 1 fully saturated rings. The van der Waals surface area contributed by atoms with Gasteiger partial charge < -0.3 is 11.5 Å².